The van der Waals surface area contributed by atoms with Crippen LogP contribution in [-0.2, 0) is 11.3 Å². The van der Waals surface area contributed by atoms with E-state index in [0.717, 1.165) is 24.0 Å². The third-order valence-corrected chi connectivity index (χ3v) is 4.17. The molecule has 96 valence electrons. The Hall–Kier alpha value is -0.390. The quantitative estimate of drug-likeness (QED) is 0.759. The smallest absolute Gasteiger partial charge is 0.221 e. The average molecular weight is 319 g/mol. The zero-order valence-corrected chi connectivity index (χ0v) is 12.7. The van der Waals surface area contributed by atoms with Crippen molar-refractivity contribution < 1.29 is 4.79 Å². The lowest BCUT2D eigenvalue weighted by Crippen LogP contribution is -2.33. The summed E-state index contributed by atoms with van der Waals surface area (Å²) in [5.74, 6) is 0.124. The van der Waals surface area contributed by atoms with Crippen LogP contribution in [0.4, 0.5) is 0 Å². The lowest BCUT2D eigenvalue weighted by molar-refractivity contribution is -0.121. The summed E-state index contributed by atoms with van der Waals surface area (Å²) >= 11 is 5.13. The zero-order valence-electron chi connectivity index (χ0n) is 10.3. The van der Waals surface area contributed by atoms with Crippen LogP contribution >= 0.6 is 27.3 Å². The summed E-state index contributed by atoms with van der Waals surface area (Å²) in [6, 6.07) is 2.37. The standard InChI is InChI=1S/C12H19BrN2OS/c1-3-9(2)15-12(16)4-5-14-7-11-6-10(13)8-17-11/h6,8-9,14H,3-5,7H2,1-2H3,(H,15,16)/t9-/m1/s1. The summed E-state index contributed by atoms with van der Waals surface area (Å²) in [7, 11) is 0. The van der Waals surface area contributed by atoms with Crippen molar-refractivity contribution in [3.8, 4) is 0 Å². The van der Waals surface area contributed by atoms with Crippen LogP contribution in [0.15, 0.2) is 15.9 Å². The molecular weight excluding hydrogens is 300 g/mol. The SMILES string of the molecule is CC[C@@H](C)NC(=O)CCNCc1cc(Br)cs1. The Bertz CT molecular complexity index is 354. The van der Waals surface area contributed by atoms with E-state index in [9.17, 15) is 4.79 Å². The van der Waals surface area contributed by atoms with Gasteiger partial charge in [-0.25, -0.2) is 0 Å². The van der Waals surface area contributed by atoms with E-state index in [1.54, 1.807) is 11.3 Å². The van der Waals surface area contributed by atoms with Crippen molar-refractivity contribution in [2.24, 2.45) is 0 Å². The lowest BCUT2D eigenvalue weighted by atomic mass is 10.2. The monoisotopic (exact) mass is 318 g/mol. The van der Waals surface area contributed by atoms with Gasteiger partial charge in [0.05, 0.1) is 0 Å². The molecule has 0 fully saturated rings. The summed E-state index contributed by atoms with van der Waals surface area (Å²) in [5.41, 5.74) is 0. The van der Waals surface area contributed by atoms with Gasteiger partial charge in [0.1, 0.15) is 0 Å². The summed E-state index contributed by atoms with van der Waals surface area (Å²) in [6.45, 7) is 5.64. The largest absolute Gasteiger partial charge is 0.354 e. The van der Waals surface area contributed by atoms with E-state index < -0.39 is 0 Å². The summed E-state index contributed by atoms with van der Waals surface area (Å²) in [5, 5.41) is 8.28. The van der Waals surface area contributed by atoms with Crippen molar-refractivity contribution in [2.45, 2.75) is 39.3 Å². The van der Waals surface area contributed by atoms with Gasteiger partial charge in [0, 0.05) is 40.3 Å². The maximum Gasteiger partial charge on any atom is 0.221 e. The first kappa shape index (κ1) is 14.7. The molecule has 1 aromatic heterocycles. The van der Waals surface area contributed by atoms with Crippen LogP contribution in [0.3, 0.4) is 0 Å². The number of carbonyl (C=O) groups is 1. The molecule has 0 spiro atoms. The van der Waals surface area contributed by atoms with Crippen molar-refractivity contribution in [3.63, 3.8) is 0 Å². The number of halogens is 1. The molecule has 0 saturated carbocycles. The van der Waals surface area contributed by atoms with Gasteiger partial charge in [0.15, 0.2) is 0 Å². The molecule has 3 nitrogen and oxygen atoms in total. The summed E-state index contributed by atoms with van der Waals surface area (Å²) in [6.07, 6.45) is 1.51. The van der Waals surface area contributed by atoms with Crippen molar-refractivity contribution in [2.75, 3.05) is 6.54 Å². The Morgan fingerprint density at radius 3 is 2.94 bits per heavy atom. The van der Waals surface area contributed by atoms with Gasteiger partial charge in [0.2, 0.25) is 5.91 Å². The molecule has 0 aliphatic rings. The van der Waals surface area contributed by atoms with Gasteiger partial charge < -0.3 is 10.6 Å². The number of carbonyl (C=O) groups excluding carboxylic acids is 1. The molecule has 0 radical (unpaired) electrons. The Kier molecular flexibility index (Phi) is 6.77. The van der Waals surface area contributed by atoms with Crippen molar-refractivity contribution in [1.29, 1.82) is 0 Å². The van der Waals surface area contributed by atoms with Gasteiger partial charge in [-0.3, -0.25) is 4.79 Å². The third kappa shape index (κ3) is 6.19. The first-order chi connectivity index (χ1) is 8.11. The fourth-order valence-electron chi connectivity index (χ4n) is 1.31. The maximum atomic E-state index is 11.5. The van der Waals surface area contributed by atoms with Gasteiger partial charge in [-0.15, -0.1) is 11.3 Å². The van der Waals surface area contributed by atoms with Crippen molar-refractivity contribution >= 4 is 33.2 Å². The van der Waals surface area contributed by atoms with E-state index in [2.05, 4.69) is 44.9 Å². The predicted octanol–water partition coefficient (Wildman–Crippen LogP) is 2.91. The van der Waals surface area contributed by atoms with Crippen LogP contribution in [0, 0.1) is 0 Å². The van der Waals surface area contributed by atoms with Crippen LogP contribution < -0.4 is 10.6 Å². The Balaban J connectivity index is 2.10. The van der Waals surface area contributed by atoms with Crippen molar-refractivity contribution in [3.05, 3.63) is 20.8 Å². The molecule has 1 amide bonds. The number of hydrogen-bond acceptors (Lipinski definition) is 3. The molecule has 1 atom stereocenters. The molecule has 0 aliphatic carbocycles. The van der Waals surface area contributed by atoms with E-state index in [1.165, 1.54) is 4.88 Å². The average Bonchev–Trinajstić information content (AvgIpc) is 2.70. The predicted molar refractivity (Wildman–Crippen MR) is 76.2 cm³/mol. The van der Waals surface area contributed by atoms with Crippen molar-refractivity contribution in [1.82, 2.24) is 10.6 Å². The molecule has 0 bridgehead atoms. The highest BCUT2D eigenvalue weighted by Crippen LogP contribution is 2.19. The second kappa shape index (κ2) is 7.84. The van der Waals surface area contributed by atoms with Crippen LogP contribution in [0.1, 0.15) is 31.6 Å². The normalized spacial score (nSPS) is 12.4. The molecule has 1 rings (SSSR count). The number of hydrogen-bond donors (Lipinski definition) is 2. The highest BCUT2D eigenvalue weighted by molar-refractivity contribution is 9.10. The second-order valence-electron chi connectivity index (χ2n) is 4.03. The summed E-state index contributed by atoms with van der Waals surface area (Å²) < 4.78 is 1.12. The first-order valence-electron chi connectivity index (χ1n) is 5.84. The Morgan fingerprint density at radius 2 is 2.35 bits per heavy atom. The molecule has 2 N–H and O–H groups in total. The van der Waals surface area contributed by atoms with Crippen LogP contribution in [0.5, 0.6) is 0 Å². The van der Waals surface area contributed by atoms with E-state index in [0.29, 0.717) is 6.42 Å². The third-order valence-electron chi connectivity index (χ3n) is 2.47. The topological polar surface area (TPSA) is 41.1 Å². The lowest BCUT2D eigenvalue weighted by Gasteiger charge is -2.11. The molecular formula is C12H19BrN2OS. The first-order valence-corrected chi connectivity index (χ1v) is 7.52. The van der Waals surface area contributed by atoms with Gasteiger partial charge in [0.25, 0.3) is 0 Å². The highest BCUT2D eigenvalue weighted by atomic mass is 79.9. The Labute approximate surface area is 115 Å². The molecule has 1 heterocycles. The Morgan fingerprint density at radius 1 is 1.59 bits per heavy atom. The van der Waals surface area contributed by atoms with E-state index >= 15 is 0 Å². The highest BCUT2D eigenvalue weighted by Gasteiger charge is 2.04. The number of thiophene rings is 1. The van der Waals surface area contributed by atoms with Gasteiger partial charge in [-0.2, -0.15) is 0 Å². The fourth-order valence-corrected chi connectivity index (χ4v) is 2.73. The van der Waals surface area contributed by atoms with Crippen LogP contribution in [0.2, 0.25) is 0 Å². The maximum absolute atomic E-state index is 11.5. The molecule has 0 aromatic carbocycles. The molecule has 5 heteroatoms. The van der Waals surface area contributed by atoms with Crippen LogP contribution in [0.25, 0.3) is 0 Å². The van der Waals surface area contributed by atoms with Gasteiger partial charge in [-0.05, 0) is 35.3 Å². The van der Waals surface area contributed by atoms with E-state index in [-0.39, 0.29) is 11.9 Å². The van der Waals surface area contributed by atoms with E-state index in [4.69, 9.17) is 0 Å². The number of nitrogens with one attached hydrogen (secondary N) is 2. The second-order valence-corrected chi connectivity index (χ2v) is 5.95. The zero-order chi connectivity index (χ0) is 12.7. The van der Waals surface area contributed by atoms with Crippen LogP contribution in [-0.4, -0.2) is 18.5 Å². The minimum atomic E-state index is 0.124. The molecule has 0 unspecified atom stereocenters. The fraction of sp³-hybridized carbons (Fsp3) is 0.583. The van der Waals surface area contributed by atoms with Gasteiger partial charge >= 0.3 is 0 Å². The number of rotatable bonds is 7. The minimum Gasteiger partial charge on any atom is -0.354 e. The minimum absolute atomic E-state index is 0.124. The molecule has 1 aromatic rings. The molecule has 17 heavy (non-hydrogen) atoms. The molecule has 0 saturated heterocycles. The summed E-state index contributed by atoms with van der Waals surface area (Å²) in [4.78, 5) is 12.7. The molecule has 0 aliphatic heterocycles. The number of amides is 1. The van der Waals surface area contributed by atoms with Gasteiger partial charge in [-0.1, -0.05) is 6.92 Å². The van der Waals surface area contributed by atoms with E-state index in [1.807, 2.05) is 6.92 Å².